The molecule has 0 spiro atoms. The maximum atomic E-state index is 6.77. The summed E-state index contributed by atoms with van der Waals surface area (Å²) in [6.45, 7) is 0. The Morgan fingerprint density at radius 3 is 2.57 bits per heavy atom. The van der Waals surface area contributed by atoms with Crippen molar-refractivity contribution in [2.24, 2.45) is 5.92 Å². The van der Waals surface area contributed by atoms with E-state index in [2.05, 4.69) is 17.1 Å². The fourth-order valence-corrected chi connectivity index (χ4v) is 5.22. The van der Waals surface area contributed by atoms with Crippen LogP contribution in [-0.2, 0) is 0 Å². The number of benzene rings is 1. The van der Waals surface area contributed by atoms with Gasteiger partial charge in [-0.25, -0.2) is 4.98 Å². The summed E-state index contributed by atoms with van der Waals surface area (Å²) in [5, 5.41) is 0.962. The highest BCUT2D eigenvalue weighted by Gasteiger charge is 2.25. The van der Waals surface area contributed by atoms with Crippen LogP contribution >= 0.6 is 35.0 Å². The van der Waals surface area contributed by atoms with Gasteiger partial charge >= 0.3 is 0 Å². The molecule has 2 nitrogen and oxygen atoms in total. The number of alkyl halides is 1. The number of rotatable bonds is 6. The summed E-state index contributed by atoms with van der Waals surface area (Å²) in [4.78, 5) is 4.13. The molecule has 0 saturated heterocycles. The molecule has 1 fully saturated rings. The van der Waals surface area contributed by atoms with Crippen LogP contribution in [0.1, 0.15) is 48.4 Å². The van der Waals surface area contributed by atoms with E-state index in [4.69, 9.17) is 23.2 Å². The summed E-state index contributed by atoms with van der Waals surface area (Å²) in [5.41, 5.74) is 1.08. The van der Waals surface area contributed by atoms with Crippen molar-refractivity contribution in [2.45, 2.75) is 42.9 Å². The van der Waals surface area contributed by atoms with Crippen LogP contribution in [0.5, 0.6) is 0 Å². The molecule has 0 N–H and O–H groups in total. The molecule has 3 rings (SSSR count). The quantitative estimate of drug-likeness (QED) is 0.554. The first-order chi connectivity index (χ1) is 11.2. The minimum absolute atomic E-state index is 0.146. The van der Waals surface area contributed by atoms with E-state index < -0.39 is 0 Å². The Kier molecular flexibility index (Phi) is 6.32. The summed E-state index contributed by atoms with van der Waals surface area (Å²) >= 11 is 14.8. The fraction of sp³-hybridized carbons (Fsp3) is 0.500. The molecule has 1 aliphatic carbocycles. The first-order valence-electron chi connectivity index (χ1n) is 8.22. The highest BCUT2D eigenvalue weighted by atomic mass is 35.5. The van der Waals surface area contributed by atoms with Crippen LogP contribution in [0.25, 0.3) is 0 Å². The summed E-state index contributed by atoms with van der Waals surface area (Å²) in [6.07, 6.45) is 12.4. The van der Waals surface area contributed by atoms with Crippen LogP contribution in [0.4, 0.5) is 0 Å². The molecule has 0 bridgehead atoms. The van der Waals surface area contributed by atoms with Gasteiger partial charge in [-0.1, -0.05) is 54.6 Å². The van der Waals surface area contributed by atoms with Gasteiger partial charge in [-0.2, -0.15) is 0 Å². The van der Waals surface area contributed by atoms with Crippen LogP contribution in [-0.4, -0.2) is 15.3 Å². The summed E-state index contributed by atoms with van der Waals surface area (Å²) in [6, 6.07) is 8.07. The minimum atomic E-state index is -0.146. The van der Waals surface area contributed by atoms with Gasteiger partial charge in [0.1, 0.15) is 5.50 Å². The third-order valence-corrected chi connectivity index (χ3v) is 6.93. The van der Waals surface area contributed by atoms with E-state index in [1.165, 1.54) is 43.4 Å². The molecular formula is C18H22Cl2N2S. The average molecular weight is 369 g/mol. The number of halogens is 2. The standard InChI is InChI=1S/C18H22Cl2N2S/c19-16-8-6-15(7-9-16)17(18(20)22-11-10-21-13-22)23-12-14-4-2-1-3-5-14/h6-11,13-14,17-18H,1-5,12H2. The van der Waals surface area contributed by atoms with E-state index in [1.54, 1.807) is 12.5 Å². The van der Waals surface area contributed by atoms with E-state index in [1.807, 2.05) is 34.7 Å². The summed E-state index contributed by atoms with van der Waals surface area (Å²) in [7, 11) is 0. The number of thioether (sulfide) groups is 1. The molecule has 2 aromatic rings. The Morgan fingerprint density at radius 2 is 1.91 bits per heavy atom. The monoisotopic (exact) mass is 368 g/mol. The van der Waals surface area contributed by atoms with Crippen molar-refractivity contribution in [3.05, 3.63) is 53.6 Å². The number of imidazole rings is 1. The number of hydrogen-bond acceptors (Lipinski definition) is 2. The molecule has 1 saturated carbocycles. The normalized spacial score (nSPS) is 18.7. The van der Waals surface area contributed by atoms with Crippen molar-refractivity contribution in [1.82, 2.24) is 9.55 Å². The van der Waals surface area contributed by atoms with Crippen LogP contribution < -0.4 is 0 Å². The first-order valence-corrected chi connectivity index (χ1v) is 10.1. The maximum Gasteiger partial charge on any atom is 0.125 e. The Balaban J connectivity index is 1.73. The van der Waals surface area contributed by atoms with E-state index in [0.29, 0.717) is 0 Å². The number of nitrogens with zero attached hydrogens (tertiary/aromatic N) is 2. The minimum Gasteiger partial charge on any atom is -0.319 e. The zero-order chi connectivity index (χ0) is 16.1. The highest BCUT2D eigenvalue weighted by molar-refractivity contribution is 7.99. The van der Waals surface area contributed by atoms with Crippen LogP contribution in [0, 0.1) is 5.92 Å². The third-order valence-electron chi connectivity index (χ3n) is 4.49. The lowest BCUT2D eigenvalue weighted by atomic mass is 9.91. The molecule has 1 aromatic heterocycles. The third kappa shape index (κ3) is 4.68. The van der Waals surface area contributed by atoms with Crippen molar-refractivity contribution < 1.29 is 0 Å². The Hall–Kier alpha value is -0.640. The van der Waals surface area contributed by atoms with Crippen molar-refractivity contribution in [1.29, 1.82) is 0 Å². The second-order valence-electron chi connectivity index (χ2n) is 6.19. The van der Waals surface area contributed by atoms with Gasteiger partial charge in [0.2, 0.25) is 0 Å². The Labute approximate surface area is 152 Å². The fourth-order valence-electron chi connectivity index (χ4n) is 3.15. The van der Waals surface area contributed by atoms with E-state index in [9.17, 15) is 0 Å². The van der Waals surface area contributed by atoms with Gasteiger partial charge in [-0.05, 0) is 42.2 Å². The highest BCUT2D eigenvalue weighted by Crippen LogP contribution is 2.43. The molecule has 2 unspecified atom stereocenters. The van der Waals surface area contributed by atoms with Gasteiger partial charge < -0.3 is 4.57 Å². The molecule has 1 heterocycles. The first kappa shape index (κ1) is 17.2. The molecule has 0 radical (unpaired) electrons. The van der Waals surface area contributed by atoms with Gasteiger partial charge in [0.15, 0.2) is 0 Å². The van der Waals surface area contributed by atoms with Crippen LogP contribution in [0.2, 0.25) is 5.02 Å². The molecule has 1 aliphatic rings. The molecule has 5 heteroatoms. The lowest BCUT2D eigenvalue weighted by molar-refractivity contribution is 0.390. The van der Waals surface area contributed by atoms with E-state index in [0.717, 1.165) is 10.9 Å². The number of aromatic nitrogens is 2. The maximum absolute atomic E-state index is 6.77. The van der Waals surface area contributed by atoms with Gasteiger partial charge in [0.25, 0.3) is 0 Å². The Bertz CT molecular complexity index is 580. The molecule has 2 atom stereocenters. The smallest absolute Gasteiger partial charge is 0.125 e. The topological polar surface area (TPSA) is 17.8 Å². The predicted molar refractivity (Wildman–Crippen MR) is 100 cm³/mol. The van der Waals surface area contributed by atoms with Gasteiger partial charge in [0.05, 0.1) is 11.6 Å². The zero-order valence-corrected chi connectivity index (χ0v) is 15.4. The van der Waals surface area contributed by atoms with Gasteiger partial charge in [-0.3, -0.25) is 0 Å². The Morgan fingerprint density at radius 1 is 1.17 bits per heavy atom. The second-order valence-corrected chi connectivity index (χ2v) is 8.25. The molecular weight excluding hydrogens is 347 g/mol. The predicted octanol–water partition coefficient (Wildman–Crippen LogP) is 6.33. The van der Waals surface area contributed by atoms with Gasteiger partial charge in [-0.15, -0.1) is 11.8 Å². The number of hydrogen-bond donors (Lipinski definition) is 0. The van der Waals surface area contributed by atoms with Crippen LogP contribution in [0.15, 0.2) is 43.0 Å². The van der Waals surface area contributed by atoms with Crippen molar-refractivity contribution in [3.8, 4) is 0 Å². The van der Waals surface area contributed by atoms with Gasteiger partial charge in [0, 0.05) is 17.4 Å². The molecule has 124 valence electrons. The molecule has 0 aliphatic heterocycles. The van der Waals surface area contributed by atoms with Crippen LogP contribution in [0.3, 0.4) is 0 Å². The van der Waals surface area contributed by atoms with Crippen molar-refractivity contribution in [2.75, 3.05) is 5.75 Å². The zero-order valence-electron chi connectivity index (χ0n) is 13.1. The second kappa shape index (κ2) is 8.46. The SMILES string of the molecule is Clc1ccc(C(SCC2CCCCC2)C(Cl)n2ccnc2)cc1. The molecule has 0 amide bonds. The molecule has 1 aromatic carbocycles. The summed E-state index contributed by atoms with van der Waals surface area (Å²) in [5.74, 6) is 2.00. The van der Waals surface area contributed by atoms with Crippen molar-refractivity contribution in [3.63, 3.8) is 0 Å². The van der Waals surface area contributed by atoms with E-state index in [-0.39, 0.29) is 10.8 Å². The average Bonchev–Trinajstić information content (AvgIpc) is 3.12. The lowest BCUT2D eigenvalue weighted by Gasteiger charge is -2.27. The van der Waals surface area contributed by atoms with Crippen molar-refractivity contribution >= 4 is 35.0 Å². The lowest BCUT2D eigenvalue weighted by Crippen LogP contribution is -2.14. The largest absolute Gasteiger partial charge is 0.319 e. The molecule has 23 heavy (non-hydrogen) atoms. The summed E-state index contributed by atoms with van der Waals surface area (Å²) < 4.78 is 1.98. The van der Waals surface area contributed by atoms with E-state index >= 15 is 0 Å².